The number of rotatable bonds is 7. The van der Waals surface area contributed by atoms with Gasteiger partial charge in [-0.2, -0.15) is 0 Å². The highest BCUT2D eigenvalue weighted by molar-refractivity contribution is 6.10. The van der Waals surface area contributed by atoms with Crippen molar-refractivity contribution in [3.8, 4) is 0 Å². The van der Waals surface area contributed by atoms with Crippen LogP contribution in [-0.4, -0.2) is 24.3 Å². The lowest BCUT2D eigenvalue weighted by Crippen LogP contribution is -2.42. The zero-order valence-electron chi connectivity index (χ0n) is 16.9. The summed E-state index contributed by atoms with van der Waals surface area (Å²) in [5.74, 6) is -0.210. The molecule has 1 unspecified atom stereocenters. The number of fused-ring (bicyclic) bond motifs is 1. The van der Waals surface area contributed by atoms with E-state index in [-0.39, 0.29) is 43.1 Å². The third-order valence-electron chi connectivity index (χ3n) is 4.88. The third-order valence-corrected chi connectivity index (χ3v) is 4.88. The number of amides is 3. The Morgan fingerprint density at radius 2 is 1.72 bits per heavy atom. The second kappa shape index (κ2) is 9.37. The van der Waals surface area contributed by atoms with Gasteiger partial charge < -0.3 is 15.5 Å². The van der Waals surface area contributed by atoms with Gasteiger partial charge >= 0.3 is 0 Å². The summed E-state index contributed by atoms with van der Waals surface area (Å²) in [6, 6.07) is 17.0. The van der Waals surface area contributed by atoms with Crippen LogP contribution in [0.15, 0.2) is 54.6 Å². The zero-order chi connectivity index (χ0) is 20.8. The Morgan fingerprint density at radius 1 is 1.03 bits per heavy atom. The van der Waals surface area contributed by atoms with Gasteiger partial charge in [-0.3, -0.25) is 14.4 Å². The number of benzene rings is 2. The van der Waals surface area contributed by atoms with Crippen molar-refractivity contribution in [3.63, 3.8) is 0 Å². The molecule has 0 radical (unpaired) electrons. The van der Waals surface area contributed by atoms with Gasteiger partial charge in [-0.1, -0.05) is 56.3 Å². The van der Waals surface area contributed by atoms with E-state index in [0.717, 1.165) is 12.0 Å². The summed E-state index contributed by atoms with van der Waals surface area (Å²) >= 11 is 0. The molecule has 152 valence electrons. The first-order valence-corrected chi connectivity index (χ1v) is 9.97. The van der Waals surface area contributed by atoms with Crippen molar-refractivity contribution in [3.05, 3.63) is 60.2 Å². The van der Waals surface area contributed by atoms with Gasteiger partial charge in [-0.05, 0) is 30.0 Å². The average Bonchev–Trinajstić information content (AvgIpc) is 2.71. The van der Waals surface area contributed by atoms with Crippen molar-refractivity contribution in [1.29, 1.82) is 0 Å². The van der Waals surface area contributed by atoms with Crippen LogP contribution in [0.2, 0.25) is 0 Å². The van der Waals surface area contributed by atoms with Crippen LogP contribution in [0.25, 0.3) is 0 Å². The Balaban J connectivity index is 1.61. The molecular weight excluding hydrogens is 366 g/mol. The number of hydrogen-bond acceptors (Lipinski definition) is 3. The number of anilines is 2. The predicted molar refractivity (Wildman–Crippen MR) is 113 cm³/mol. The van der Waals surface area contributed by atoms with Crippen molar-refractivity contribution in [2.75, 3.05) is 16.8 Å². The highest BCUT2D eigenvalue weighted by Crippen LogP contribution is 2.29. The van der Waals surface area contributed by atoms with Crippen LogP contribution in [-0.2, 0) is 14.4 Å². The quantitative estimate of drug-likeness (QED) is 0.754. The Bertz CT molecular complexity index is 880. The van der Waals surface area contributed by atoms with Crippen LogP contribution >= 0.6 is 0 Å². The van der Waals surface area contributed by atoms with Gasteiger partial charge in [0.05, 0.1) is 17.4 Å². The van der Waals surface area contributed by atoms with E-state index in [4.69, 9.17) is 0 Å². The van der Waals surface area contributed by atoms with Gasteiger partial charge in [0.15, 0.2) is 0 Å². The number of hydrogen-bond donors (Lipinski definition) is 2. The van der Waals surface area contributed by atoms with Gasteiger partial charge in [0.2, 0.25) is 17.7 Å². The van der Waals surface area contributed by atoms with Crippen LogP contribution in [0.4, 0.5) is 11.4 Å². The summed E-state index contributed by atoms with van der Waals surface area (Å²) in [7, 11) is 0. The second-order valence-corrected chi connectivity index (χ2v) is 7.71. The van der Waals surface area contributed by atoms with E-state index in [1.165, 1.54) is 4.90 Å². The van der Waals surface area contributed by atoms with E-state index >= 15 is 0 Å². The number of carbonyl (C=O) groups is 3. The van der Waals surface area contributed by atoms with Gasteiger partial charge in [0, 0.05) is 12.8 Å². The van der Waals surface area contributed by atoms with Crippen molar-refractivity contribution in [2.24, 2.45) is 5.92 Å². The molecular formula is C23H27N3O3. The summed E-state index contributed by atoms with van der Waals surface area (Å²) in [4.78, 5) is 38.6. The smallest absolute Gasteiger partial charge is 0.244 e. The maximum Gasteiger partial charge on any atom is 0.244 e. The molecule has 2 N–H and O–H groups in total. The molecule has 0 fully saturated rings. The molecule has 1 atom stereocenters. The van der Waals surface area contributed by atoms with Crippen LogP contribution in [0.5, 0.6) is 0 Å². The number of nitrogens with one attached hydrogen (secondary N) is 2. The van der Waals surface area contributed by atoms with Gasteiger partial charge in [0.1, 0.15) is 6.54 Å². The first-order valence-electron chi connectivity index (χ1n) is 9.97. The molecule has 0 saturated carbocycles. The molecule has 1 aliphatic rings. The Labute approximate surface area is 171 Å². The maximum absolute atomic E-state index is 12.7. The molecule has 6 nitrogen and oxygen atoms in total. The Kier molecular flexibility index (Phi) is 6.65. The predicted octanol–water partition coefficient (Wildman–Crippen LogP) is 3.66. The summed E-state index contributed by atoms with van der Waals surface area (Å²) < 4.78 is 0. The highest BCUT2D eigenvalue weighted by atomic mass is 16.2. The first kappa shape index (κ1) is 20.6. The summed E-state index contributed by atoms with van der Waals surface area (Å²) in [5.41, 5.74) is 2.34. The van der Waals surface area contributed by atoms with E-state index in [0.29, 0.717) is 17.3 Å². The number of nitrogens with zero attached hydrogens (tertiary/aromatic N) is 1. The third kappa shape index (κ3) is 5.44. The molecule has 29 heavy (non-hydrogen) atoms. The lowest BCUT2D eigenvalue weighted by Gasteiger charge is -2.29. The molecule has 0 saturated heterocycles. The van der Waals surface area contributed by atoms with Crippen LogP contribution in [0.1, 0.15) is 44.7 Å². The molecule has 0 aromatic heterocycles. The van der Waals surface area contributed by atoms with Crippen LogP contribution in [0.3, 0.4) is 0 Å². The zero-order valence-corrected chi connectivity index (χ0v) is 16.9. The van der Waals surface area contributed by atoms with Gasteiger partial charge in [0.25, 0.3) is 0 Å². The van der Waals surface area contributed by atoms with E-state index in [2.05, 4.69) is 24.5 Å². The summed E-state index contributed by atoms with van der Waals surface area (Å²) in [5, 5.41) is 5.82. The van der Waals surface area contributed by atoms with E-state index in [1.807, 2.05) is 36.4 Å². The lowest BCUT2D eigenvalue weighted by atomic mass is 9.97. The molecule has 0 aliphatic carbocycles. The van der Waals surface area contributed by atoms with Crippen molar-refractivity contribution < 1.29 is 14.4 Å². The molecule has 2 aromatic carbocycles. The molecule has 1 aliphatic heterocycles. The summed E-state index contributed by atoms with van der Waals surface area (Å²) in [6.45, 7) is 4.20. The molecule has 6 heteroatoms. The SMILES string of the molecule is CC(C)CC(NC(=O)CCC(=O)N1CC(=O)Nc2ccccc21)c1ccccc1. The fourth-order valence-electron chi connectivity index (χ4n) is 3.51. The standard InChI is InChI=1S/C23H27N3O3/c1-16(2)14-19(17-8-4-3-5-9-17)25-21(27)12-13-23(29)26-15-22(28)24-18-10-6-7-11-20(18)26/h3-11,16,19H,12-15H2,1-2H3,(H,24,28)(H,25,27). The highest BCUT2D eigenvalue weighted by Gasteiger charge is 2.27. The largest absolute Gasteiger partial charge is 0.349 e. The van der Waals surface area contributed by atoms with E-state index < -0.39 is 0 Å². The maximum atomic E-state index is 12.7. The molecule has 0 bridgehead atoms. The lowest BCUT2D eigenvalue weighted by molar-refractivity contribution is -0.126. The normalized spacial score (nSPS) is 14.2. The molecule has 0 spiro atoms. The summed E-state index contributed by atoms with van der Waals surface area (Å²) in [6.07, 6.45) is 0.959. The topological polar surface area (TPSA) is 78.5 Å². The second-order valence-electron chi connectivity index (χ2n) is 7.71. The minimum Gasteiger partial charge on any atom is -0.349 e. The fourth-order valence-corrected chi connectivity index (χ4v) is 3.51. The van der Waals surface area contributed by atoms with Crippen molar-refractivity contribution >= 4 is 29.1 Å². The molecule has 2 aromatic rings. The van der Waals surface area contributed by atoms with E-state index in [9.17, 15) is 14.4 Å². The monoisotopic (exact) mass is 393 g/mol. The van der Waals surface area contributed by atoms with Crippen molar-refractivity contribution in [2.45, 2.75) is 39.2 Å². The van der Waals surface area contributed by atoms with E-state index in [1.54, 1.807) is 18.2 Å². The first-order chi connectivity index (χ1) is 13.9. The van der Waals surface area contributed by atoms with Crippen LogP contribution in [0, 0.1) is 5.92 Å². The van der Waals surface area contributed by atoms with Gasteiger partial charge in [-0.25, -0.2) is 0 Å². The minimum atomic E-state index is -0.234. The average molecular weight is 393 g/mol. The molecule has 3 amide bonds. The Hall–Kier alpha value is -3.15. The number of para-hydroxylation sites is 2. The Morgan fingerprint density at radius 3 is 2.45 bits per heavy atom. The molecule has 1 heterocycles. The van der Waals surface area contributed by atoms with Gasteiger partial charge in [-0.15, -0.1) is 0 Å². The molecule has 3 rings (SSSR count). The van der Waals surface area contributed by atoms with Crippen LogP contribution < -0.4 is 15.5 Å². The number of carbonyl (C=O) groups excluding carboxylic acids is 3. The minimum absolute atomic E-state index is 0.0303. The van der Waals surface area contributed by atoms with Crippen molar-refractivity contribution in [1.82, 2.24) is 5.32 Å². The fraction of sp³-hybridized carbons (Fsp3) is 0.348.